The predicted molar refractivity (Wildman–Crippen MR) is 75.9 cm³/mol. The second kappa shape index (κ2) is 5.09. The topological polar surface area (TPSA) is 49.8 Å². The second-order valence-electron chi connectivity index (χ2n) is 5.77. The van der Waals surface area contributed by atoms with Crippen molar-refractivity contribution in [3.8, 4) is 5.75 Å². The summed E-state index contributed by atoms with van der Waals surface area (Å²) in [5.74, 6) is -0.0627. The van der Waals surface area contributed by atoms with Crippen molar-refractivity contribution in [2.24, 2.45) is 0 Å². The number of likely N-dealkylation sites (N-methyl/N-ethyl adjacent to an activating group) is 1. The molecule has 0 spiro atoms. The van der Waals surface area contributed by atoms with Crippen molar-refractivity contribution in [3.63, 3.8) is 0 Å². The van der Waals surface area contributed by atoms with E-state index in [1.165, 1.54) is 11.1 Å². The molecule has 1 N–H and O–H groups in total. The fraction of sp³-hybridized carbons (Fsp3) is 0.562. The SMILES string of the molecule is CCN1CCc2cccc(OC3(C(=O)O)CCC3)c2C1. The molecule has 20 heavy (non-hydrogen) atoms. The molecule has 0 bridgehead atoms. The van der Waals surface area contributed by atoms with Crippen LogP contribution in [0.25, 0.3) is 0 Å². The zero-order chi connectivity index (χ0) is 14.2. The zero-order valence-electron chi connectivity index (χ0n) is 11.9. The maximum atomic E-state index is 11.5. The third-order valence-electron chi connectivity index (χ3n) is 4.61. The summed E-state index contributed by atoms with van der Waals surface area (Å²) in [4.78, 5) is 13.8. The standard InChI is InChI=1S/C16H21NO3/c1-2-17-10-7-12-5-3-6-14(13(12)11-17)20-16(15(18)19)8-4-9-16/h3,5-6H,2,4,7-11H2,1H3,(H,18,19). The number of aliphatic carboxylic acids is 1. The Balaban J connectivity index is 1.89. The first-order valence-corrected chi connectivity index (χ1v) is 7.40. The Morgan fingerprint density at radius 3 is 2.85 bits per heavy atom. The molecule has 0 radical (unpaired) electrons. The van der Waals surface area contributed by atoms with E-state index in [9.17, 15) is 9.90 Å². The van der Waals surface area contributed by atoms with Crippen molar-refractivity contribution in [3.05, 3.63) is 29.3 Å². The van der Waals surface area contributed by atoms with Gasteiger partial charge in [-0.15, -0.1) is 0 Å². The quantitative estimate of drug-likeness (QED) is 0.917. The number of fused-ring (bicyclic) bond motifs is 1. The maximum Gasteiger partial charge on any atom is 0.348 e. The molecule has 0 unspecified atom stereocenters. The molecule has 4 nitrogen and oxygen atoms in total. The van der Waals surface area contributed by atoms with Crippen LogP contribution in [-0.4, -0.2) is 34.7 Å². The second-order valence-corrected chi connectivity index (χ2v) is 5.77. The maximum absolute atomic E-state index is 11.5. The molecule has 4 heteroatoms. The molecule has 1 aromatic carbocycles. The number of nitrogens with zero attached hydrogens (tertiary/aromatic N) is 1. The van der Waals surface area contributed by atoms with Gasteiger partial charge in [-0.3, -0.25) is 4.90 Å². The van der Waals surface area contributed by atoms with E-state index < -0.39 is 11.6 Å². The molecule has 0 amide bonds. The molecule has 1 aliphatic carbocycles. The van der Waals surface area contributed by atoms with Gasteiger partial charge in [0.15, 0.2) is 0 Å². The van der Waals surface area contributed by atoms with Crippen LogP contribution >= 0.6 is 0 Å². The van der Waals surface area contributed by atoms with Gasteiger partial charge in [0, 0.05) is 18.7 Å². The largest absolute Gasteiger partial charge is 0.478 e. The molecule has 2 aliphatic rings. The molecule has 1 aliphatic heterocycles. The van der Waals surface area contributed by atoms with Crippen LogP contribution in [0.2, 0.25) is 0 Å². The fourth-order valence-electron chi connectivity index (χ4n) is 3.04. The van der Waals surface area contributed by atoms with Gasteiger partial charge >= 0.3 is 5.97 Å². The average molecular weight is 275 g/mol. The van der Waals surface area contributed by atoms with E-state index in [0.717, 1.165) is 38.2 Å². The van der Waals surface area contributed by atoms with Gasteiger partial charge < -0.3 is 9.84 Å². The summed E-state index contributed by atoms with van der Waals surface area (Å²) in [6.45, 7) is 5.09. The number of carbonyl (C=O) groups is 1. The summed E-state index contributed by atoms with van der Waals surface area (Å²) in [5.41, 5.74) is 1.49. The fourth-order valence-corrected chi connectivity index (χ4v) is 3.04. The third-order valence-corrected chi connectivity index (χ3v) is 4.61. The lowest BCUT2D eigenvalue weighted by molar-refractivity contribution is -0.163. The van der Waals surface area contributed by atoms with Gasteiger partial charge in [0.25, 0.3) is 0 Å². The van der Waals surface area contributed by atoms with Crippen LogP contribution in [0.4, 0.5) is 0 Å². The van der Waals surface area contributed by atoms with Crippen molar-refractivity contribution in [2.45, 2.75) is 44.8 Å². The molecule has 0 aromatic heterocycles. The number of rotatable bonds is 4. The van der Waals surface area contributed by atoms with E-state index >= 15 is 0 Å². The van der Waals surface area contributed by atoms with E-state index in [2.05, 4.69) is 17.9 Å². The van der Waals surface area contributed by atoms with Crippen LogP contribution in [0.15, 0.2) is 18.2 Å². The van der Waals surface area contributed by atoms with Crippen molar-refractivity contribution in [2.75, 3.05) is 13.1 Å². The summed E-state index contributed by atoms with van der Waals surface area (Å²) < 4.78 is 5.96. The molecular weight excluding hydrogens is 254 g/mol. The minimum Gasteiger partial charge on any atom is -0.478 e. The van der Waals surface area contributed by atoms with Crippen LogP contribution < -0.4 is 4.74 Å². The lowest BCUT2D eigenvalue weighted by Crippen LogP contribution is -2.50. The van der Waals surface area contributed by atoms with Gasteiger partial charge in [0.05, 0.1) is 0 Å². The Bertz CT molecular complexity index is 522. The third kappa shape index (κ3) is 2.18. The van der Waals surface area contributed by atoms with E-state index in [1.54, 1.807) is 0 Å². The normalized spacial score (nSPS) is 20.9. The lowest BCUT2D eigenvalue weighted by atomic mass is 9.80. The molecule has 108 valence electrons. The van der Waals surface area contributed by atoms with Gasteiger partial charge in [0.2, 0.25) is 5.60 Å². The molecule has 1 aromatic rings. The van der Waals surface area contributed by atoms with E-state index in [0.29, 0.717) is 12.8 Å². The highest BCUT2D eigenvalue weighted by Crippen LogP contribution is 2.39. The number of hydrogen-bond acceptors (Lipinski definition) is 3. The highest BCUT2D eigenvalue weighted by molar-refractivity contribution is 5.79. The Labute approximate surface area is 119 Å². The Hall–Kier alpha value is -1.55. The first-order chi connectivity index (χ1) is 9.64. The summed E-state index contributed by atoms with van der Waals surface area (Å²) in [6, 6.07) is 6.02. The highest BCUT2D eigenvalue weighted by Gasteiger charge is 2.47. The molecule has 1 fully saturated rings. The van der Waals surface area contributed by atoms with E-state index in [4.69, 9.17) is 4.74 Å². The van der Waals surface area contributed by atoms with Gasteiger partial charge in [-0.1, -0.05) is 19.1 Å². The van der Waals surface area contributed by atoms with Crippen LogP contribution in [0.5, 0.6) is 5.75 Å². The predicted octanol–water partition coefficient (Wildman–Crippen LogP) is 2.45. The Morgan fingerprint density at radius 2 is 2.25 bits per heavy atom. The van der Waals surface area contributed by atoms with Crippen LogP contribution in [0.3, 0.4) is 0 Å². The summed E-state index contributed by atoms with van der Waals surface area (Å²) >= 11 is 0. The van der Waals surface area contributed by atoms with Crippen molar-refractivity contribution in [1.29, 1.82) is 0 Å². The number of ether oxygens (including phenoxy) is 1. The first kappa shape index (κ1) is 13.4. The molecule has 0 atom stereocenters. The van der Waals surface area contributed by atoms with Gasteiger partial charge in [-0.25, -0.2) is 4.79 Å². The number of carboxylic acids is 1. The minimum absolute atomic E-state index is 0.615. The summed E-state index contributed by atoms with van der Waals surface area (Å²) in [7, 11) is 0. The van der Waals surface area contributed by atoms with Gasteiger partial charge in [-0.05, 0) is 43.9 Å². The molecular formula is C16H21NO3. The molecule has 1 heterocycles. The van der Waals surface area contributed by atoms with Crippen molar-refractivity contribution < 1.29 is 14.6 Å². The number of benzene rings is 1. The Morgan fingerprint density at radius 1 is 1.45 bits per heavy atom. The van der Waals surface area contributed by atoms with E-state index in [1.807, 2.05) is 12.1 Å². The highest BCUT2D eigenvalue weighted by atomic mass is 16.5. The van der Waals surface area contributed by atoms with Crippen LogP contribution in [0, 0.1) is 0 Å². The zero-order valence-corrected chi connectivity index (χ0v) is 11.9. The summed E-state index contributed by atoms with van der Waals surface area (Å²) in [6.07, 6.45) is 3.18. The number of carboxylic acid groups (broad SMARTS) is 1. The minimum atomic E-state index is -0.983. The molecule has 3 rings (SSSR count). The first-order valence-electron chi connectivity index (χ1n) is 7.40. The lowest BCUT2D eigenvalue weighted by Gasteiger charge is -2.39. The van der Waals surface area contributed by atoms with Gasteiger partial charge in [-0.2, -0.15) is 0 Å². The smallest absolute Gasteiger partial charge is 0.348 e. The van der Waals surface area contributed by atoms with Gasteiger partial charge in [0.1, 0.15) is 5.75 Å². The molecule has 1 saturated carbocycles. The van der Waals surface area contributed by atoms with E-state index in [-0.39, 0.29) is 0 Å². The number of hydrogen-bond donors (Lipinski definition) is 1. The average Bonchev–Trinajstić information content (AvgIpc) is 2.42. The summed E-state index contributed by atoms with van der Waals surface area (Å²) in [5, 5.41) is 9.41. The van der Waals surface area contributed by atoms with Crippen LogP contribution in [0.1, 0.15) is 37.3 Å². The Kier molecular flexibility index (Phi) is 3.42. The van der Waals surface area contributed by atoms with Crippen molar-refractivity contribution in [1.82, 2.24) is 4.90 Å². The van der Waals surface area contributed by atoms with Crippen molar-refractivity contribution >= 4 is 5.97 Å². The molecule has 0 saturated heterocycles. The van der Waals surface area contributed by atoms with Crippen LogP contribution in [-0.2, 0) is 17.8 Å². The monoisotopic (exact) mass is 275 g/mol.